The Kier molecular flexibility index (Phi) is 4.85. The molecule has 8 heteroatoms. The minimum Gasteiger partial charge on any atom is -0.443 e. The van der Waals surface area contributed by atoms with E-state index in [4.69, 9.17) is 38.1 Å². The predicted molar refractivity (Wildman–Crippen MR) is 102 cm³/mol. The molecule has 3 rings (SSSR count). The topological polar surface area (TPSA) is 114 Å². The van der Waals surface area contributed by atoms with Crippen molar-refractivity contribution >= 4 is 29.1 Å². The smallest absolute Gasteiger partial charge is 0.245 e. The largest absolute Gasteiger partial charge is 0.443 e. The second-order valence-corrected chi connectivity index (χ2v) is 8.48. The van der Waals surface area contributed by atoms with Crippen LogP contribution in [0.3, 0.4) is 0 Å². The van der Waals surface area contributed by atoms with Crippen molar-refractivity contribution in [2.75, 3.05) is 0 Å². The van der Waals surface area contributed by atoms with Crippen molar-refractivity contribution in [2.45, 2.75) is 39.1 Å². The Morgan fingerprint density at radius 2 is 1.82 bits per heavy atom. The maximum atomic E-state index is 10.2. The van der Waals surface area contributed by atoms with Crippen LogP contribution >= 0.6 is 23.2 Å². The number of ether oxygens (including phenoxy) is 2. The molecular formula is C20H18Cl2N4O2. The summed E-state index contributed by atoms with van der Waals surface area (Å²) in [6, 6.07) is 10.9. The van der Waals surface area contributed by atoms with Gasteiger partial charge >= 0.3 is 0 Å². The summed E-state index contributed by atoms with van der Waals surface area (Å²) in [5.41, 5.74) is -3.27. The molecule has 28 heavy (non-hydrogen) atoms. The Morgan fingerprint density at radius 1 is 1.18 bits per heavy atom. The average Bonchev–Trinajstić information content (AvgIpc) is 2.79. The van der Waals surface area contributed by atoms with Gasteiger partial charge in [-0.1, -0.05) is 44.0 Å². The van der Waals surface area contributed by atoms with Crippen LogP contribution in [-0.4, -0.2) is 12.0 Å². The Hall–Kier alpha value is -2.30. The van der Waals surface area contributed by atoms with Gasteiger partial charge < -0.3 is 9.47 Å². The number of benzene rings is 1. The Bertz CT molecular complexity index is 960. The van der Waals surface area contributed by atoms with E-state index in [2.05, 4.69) is 6.07 Å². The molecule has 0 spiro atoms. The third-order valence-corrected chi connectivity index (χ3v) is 6.32. The summed E-state index contributed by atoms with van der Waals surface area (Å²) in [7, 11) is 0. The molecule has 0 saturated carbocycles. The summed E-state index contributed by atoms with van der Waals surface area (Å²) in [6.45, 7) is 5.50. The van der Waals surface area contributed by atoms with E-state index >= 15 is 0 Å². The zero-order valence-electron chi connectivity index (χ0n) is 15.6. The first-order chi connectivity index (χ1) is 13.1. The van der Waals surface area contributed by atoms with E-state index in [1.54, 1.807) is 19.1 Å². The molecule has 1 aromatic rings. The van der Waals surface area contributed by atoms with E-state index in [1.807, 2.05) is 26.0 Å². The molecule has 4 unspecified atom stereocenters. The summed E-state index contributed by atoms with van der Waals surface area (Å²) in [5, 5.41) is 39.3. The van der Waals surface area contributed by atoms with Crippen LogP contribution in [0.25, 0.3) is 0 Å². The molecule has 0 aromatic heterocycles. The van der Waals surface area contributed by atoms with Gasteiger partial charge in [0.1, 0.15) is 0 Å². The van der Waals surface area contributed by atoms with E-state index in [1.165, 1.54) is 6.07 Å². The number of halogens is 2. The van der Waals surface area contributed by atoms with Crippen molar-refractivity contribution in [1.82, 2.24) is 0 Å². The molecule has 0 aliphatic carbocycles. The van der Waals surface area contributed by atoms with Gasteiger partial charge in [-0.05, 0) is 30.5 Å². The first-order valence-electron chi connectivity index (χ1n) is 8.80. The number of nitriles is 3. The second kappa shape index (κ2) is 6.64. The second-order valence-electron chi connectivity index (χ2n) is 7.63. The van der Waals surface area contributed by atoms with Crippen molar-refractivity contribution in [3.63, 3.8) is 0 Å². The lowest BCUT2D eigenvalue weighted by Crippen LogP contribution is -2.61. The van der Waals surface area contributed by atoms with Gasteiger partial charge in [0, 0.05) is 10.6 Å². The molecule has 0 amide bonds. The lowest BCUT2D eigenvalue weighted by atomic mass is 9.53. The molecular weight excluding hydrogens is 399 g/mol. The third kappa shape index (κ3) is 2.31. The van der Waals surface area contributed by atoms with Crippen LogP contribution in [0.1, 0.15) is 32.8 Å². The third-order valence-electron chi connectivity index (χ3n) is 5.77. The van der Waals surface area contributed by atoms with Crippen molar-refractivity contribution in [3.8, 4) is 18.2 Å². The average molecular weight is 417 g/mol. The molecule has 2 saturated heterocycles. The van der Waals surface area contributed by atoms with Crippen LogP contribution in [0, 0.1) is 62.1 Å². The van der Waals surface area contributed by atoms with Gasteiger partial charge in [-0.2, -0.15) is 15.8 Å². The Balaban J connectivity index is 2.33. The predicted octanol–water partition coefficient (Wildman–Crippen LogP) is 4.78. The highest BCUT2D eigenvalue weighted by Gasteiger charge is 2.79. The van der Waals surface area contributed by atoms with E-state index in [0.717, 1.165) is 0 Å². The molecule has 6 nitrogen and oxygen atoms in total. The number of nitrogens with one attached hydrogen (secondary N) is 1. The van der Waals surface area contributed by atoms with Gasteiger partial charge in [0.2, 0.25) is 11.7 Å². The number of fused-ring (bicyclic) bond motifs is 2. The quantitative estimate of drug-likeness (QED) is 0.760. The fourth-order valence-electron chi connectivity index (χ4n) is 4.36. The normalized spacial score (nSPS) is 32.9. The molecule has 4 atom stereocenters. The summed E-state index contributed by atoms with van der Waals surface area (Å²) in [4.78, 5) is 0. The van der Waals surface area contributed by atoms with Gasteiger partial charge in [0.15, 0.2) is 10.8 Å². The van der Waals surface area contributed by atoms with Gasteiger partial charge in [-0.25, -0.2) is 0 Å². The highest BCUT2D eigenvalue weighted by molar-refractivity contribution is 6.35. The summed E-state index contributed by atoms with van der Waals surface area (Å²) in [5.74, 6) is -2.78. The molecule has 2 aliphatic rings. The molecule has 2 bridgehead atoms. The molecule has 2 heterocycles. The maximum Gasteiger partial charge on any atom is 0.245 e. The molecule has 0 radical (unpaired) electrons. The minimum atomic E-state index is -1.89. The number of rotatable bonds is 3. The van der Waals surface area contributed by atoms with E-state index < -0.39 is 34.5 Å². The zero-order chi connectivity index (χ0) is 20.9. The fourth-order valence-corrected chi connectivity index (χ4v) is 4.90. The van der Waals surface area contributed by atoms with Crippen molar-refractivity contribution in [1.29, 1.82) is 21.2 Å². The van der Waals surface area contributed by atoms with E-state index in [9.17, 15) is 15.8 Å². The highest BCUT2D eigenvalue weighted by atomic mass is 35.5. The van der Waals surface area contributed by atoms with Gasteiger partial charge in [0.25, 0.3) is 0 Å². The molecule has 2 fully saturated rings. The summed E-state index contributed by atoms with van der Waals surface area (Å²) >= 11 is 12.4. The van der Waals surface area contributed by atoms with Crippen molar-refractivity contribution in [2.24, 2.45) is 22.7 Å². The lowest BCUT2D eigenvalue weighted by Gasteiger charge is -2.49. The number of hydrogen-bond donors (Lipinski definition) is 1. The Labute approximate surface area is 173 Å². The van der Waals surface area contributed by atoms with Crippen LogP contribution in [0.4, 0.5) is 0 Å². The standard InChI is InChI=1S/C20H18Cl2N4O2/c1-11(2)6-16-18(8-23,9-24)19(10-25)12(3)20(27-16,28-17(19)26)14-5-4-13(21)7-15(14)22/h4-5,7,11-12,16,26H,6H2,1-3H3. The zero-order valence-corrected chi connectivity index (χ0v) is 17.1. The molecule has 2 aliphatic heterocycles. The van der Waals surface area contributed by atoms with Gasteiger partial charge in [-0.15, -0.1) is 0 Å². The lowest BCUT2D eigenvalue weighted by molar-refractivity contribution is -0.287. The van der Waals surface area contributed by atoms with Crippen molar-refractivity contribution < 1.29 is 9.47 Å². The Morgan fingerprint density at radius 3 is 2.32 bits per heavy atom. The fraction of sp³-hybridized carbons (Fsp3) is 0.500. The minimum absolute atomic E-state index is 0.0709. The molecule has 1 N–H and O–H groups in total. The van der Waals surface area contributed by atoms with Crippen LogP contribution in [0.5, 0.6) is 0 Å². The highest BCUT2D eigenvalue weighted by Crippen LogP contribution is 2.66. The first kappa shape index (κ1) is 20.4. The summed E-state index contributed by atoms with van der Waals surface area (Å²) < 4.78 is 12.2. The number of hydrogen-bond acceptors (Lipinski definition) is 6. The van der Waals surface area contributed by atoms with E-state index in [-0.39, 0.29) is 10.9 Å². The van der Waals surface area contributed by atoms with Crippen LogP contribution in [-0.2, 0) is 15.3 Å². The monoisotopic (exact) mass is 416 g/mol. The molecule has 144 valence electrons. The first-order valence-corrected chi connectivity index (χ1v) is 9.56. The number of nitrogens with zero attached hydrogens (tertiary/aromatic N) is 3. The van der Waals surface area contributed by atoms with Gasteiger partial charge in [-0.3, -0.25) is 5.41 Å². The van der Waals surface area contributed by atoms with Gasteiger partial charge in [0.05, 0.1) is 35.3 Å². The van der Waals surface area contributed by atoms with E-state index in [0.29, 0.717) is 17.0 Å². The summed E-state index contributed by atoms with van der Waals surface area (Å²) in [6.07, 6.45) is -0.617. The van der Waals surface area contributed by atoms with Crippen molar-refractivity contribution in [3.05, 3.63) is 33.8 Å². The van der Waals surface area contributed by atoms with Crippen LogP contribution in [0.15, 0.2) is 18.2 Å². The maximum absolute atomic E-state index is 10.2. The van der Waals surface area contributed by atoms with Crippen LogP contribution < -0.4 is 0 Å². The molecule has 1 aromatic carbocycles. The SMILES string of the molecule is CC(C)CC1OC2(c3ccc(Cl)cc3Cl)OC(=N)C(C#N)(C2C)C1(C#N)C#N. The van der Waals surface area contributed by atoms with Crippen LogP contribution in [0.2, 0.25) is 10.0 Å².